The maximum atomic E-state index is 10.1. The Hall–Kier alpha value is -1.06. The molecule has 2 rings (SSSR count). The molecule has 0 amide bonds. The van der Waals surface area contributed by atoms with Gasteiger partial charge in [-0.3, -0.25) is 0 Å². The molecule has 0 spiro atoms. The third-order valence-electron chi connectivity index (χ3n) is 3.91. The average molecular weight is 262 g/mol. The molecule has 1 atom stereocenters. The van der Waals surface area contributed by atoms with Gasteiger partial charge in [-0.2, -0.15) is 0 Å². The van der Waals surface area contributed by atoms with E-state index in [2.05, 4.69) is 62.2 Å². The molecule has 1 aliphatic rings. The highest BCUT2D eigenvalue weighted by atomic mass is 16.3. The zero-order chi connectivity index (χ0) is 14.0. The summed E-state index contributed by atoms with van der Waals surface area (Å²) in [5.74, 6) is 0.486. The number of benzene rings is 1. The lowest BCUT2D eigenvalue weighted by Crippen LogP contribution is -2.50. The van der Waals surface area contributed by atoms with Crippen LogP contribution >= 0.6 is 0 Å². The summed E-state index contributed by atoms with van der Waals surface area (Å²) in [6.45, 7) is 11.1. The molecule has 1 aromatic rings. The van der Waals surface area contributed by atoms with E-state index in [-0.39, 0.29) is 11.6 Å². The average Bonchev–Trinajstić information content (AvgIpc) is 2.48. The minimum atomic E-state index is -0.318. The van der Waals surface area contributed by atoms with Crippen LogP contribution in [0.15, 0.2) is 24.3 Å². The van der Waals surface area contributed by atoms with Crippen molar-refractivity contribution in [2.24, 2.45) is 0 Å². The molecule has 2 N–H and O–H groups in total. The predicted molar refractivity (Wildman–Crippen MR) is 80.8 cm³/mol. The number of aliphatic hydroxyl groups is 1. The standard InChI is InChI=1S/C16H26N2O/c1-12(2)14-7-5-6-8-15(14)18-10-13(19)9-17-11-16(18,3)4/h5-8,12-13,17,19H,9-11H2,1-4H3. The highest BCUT2D eigenvalue weighted by molar-refractivity contribution is 5.57. The summed E-state index contributed by atoms with van der Waals surface area (Å²) in [5, 5.41) is 13.4. The second-order valence-corrected chi connectivity index (χ2v) is 6.42. The van der Waals surface area contributed by atoms with Crippen molar-refractivity contribution in [3.8, 4) is 0 Å². The molecular formula is C16H26N2O. The first-order valence-electron chi connectivity index (χ1n) is 7.17. The number of nitrogens with zero attached hydrogens (tertiary/aromatic N) is 1. The quantitative estimate of drug-likeness (QED) is 0.859. The van der Waals surface area contributed by atoms with E-state index in [0.717, 1.165) is 6.54 Å². The highest BCUT2D eigenvalue weighted by Gasteiger charge is 2.32. The Bertz CT molecular complexity index is 429. The first-order valence-corrected chi connectivity index (χ1v) is 7.17. The van der Waals surface area contributed by atoms with Crippen molar-refractivity contribution in [1.29, 1.82) is 0 Å². The van der Waals surface area contributed by atoms with Crippen LogP contribution in [0.3, 0.4) is 0 Å². The van der Waals surface area contributed by atoms with Gasteiger partial charge in [0, 0.05) is 30.9 Å². The van der Waals surface area contributed by atoms with Gasteiger partial charge in [0.15, 0.2) is 0 Å². The summed E-state index contributed by atoms with van der Waals surface area (Å²) in [4.78, 5) is 2.35. The Labute approximate surface area is 116 Å². The van der Waals surface area contributed by atoms with Gasteiger partial charge in [-0.1, -0.05) is 32.0 Å². The number of hydrogen-bond donors (Lipinski definition) is 2. The summed E-state index contributed by atoms with van der Waals surface area (Å²) in [6, 6.07) is 8.55. The van der Waals surface area contributed by atoms with Gasteiger partial charge in [-0.25, -0.2) is 0 Å². The molecule has 0 radical (unpaired) electrons. The minimum Gasteiger partial charge on any atom is -0.390 e. The zero-order valence-corrected chi connectivity index (χ0v) is 12.5. The van der Waals surface area contributed by atoms with Gasteiger partial charge in [0.1, 0.15) is 0 Å². The third kappa shape index (κ3) is 3.10. The van der Waals surface area contributed by atoms with E-state index < -0.39 is 0 Å². The van der Waals surface area contributed by atoms with Gasteiger partial charge < -0.3 is 15.3 Å². The molecule has 106 valence electrons. The fraction of sp³-hybridized carbons (Fsp3) is 0.625. The summed E-state index contributed by atoms with van der Waals surface area (Å²) in [6.07, 6.45) is -0.318. The smallest absolute Gasteiger partial charge is 0.0839 e. The van der Waals surface area contributed by atoms with E-state index in [1.165, 1.54) is 11.3 Å². The van der Waals surface area contributed by atoms with Crippen LogP contribution in [0.2, 0.25) is 0 Å². The topological polar surface area (TPSA) is 35.5 Å². The number of nitrogens with one attached hydrogen (secondary N) is 1. The normalized spacial score (nSPS) is 23.5. The Morgan fingerprint density at radius 3 is 2.68 bits per heavy atom. The summed E-state index contributed by atoms with van der Waals surface area (Å²) in [7, 11) is 0. The van der Waals surface area contributed by atoms with E-state index in [0.29, 0.717) is 19.0 Å². The van der Waals surface area contributed by atoms with Crippen molar-refractivity contribution in [3.63, 3.8) is 0 Å². The fourth-order valence-corrected chi connectivity index (χ4v) is 2.81. The minimum absolute atomic E-state index is 0.00245. The van der Waals surface area contributed by atoms with Crippen LogP contribution in [0.4, 0.5) is 5.69 Å². The molecule has 1 unspecified atom stereocenters. The maximum absolute atomic E-state index is 10.1. The van der Waals surface area contributed by atoms with E-state index in [1.54, 1.807) is 0 Å². The Balaban J connectivity index is 2.42. The van der Waals surface area contributed by atoms with Crippen LogP contribution in [-0.2, 0) is 0 Å². The molecular weight excluding hydrogens is 236 g/mol. The van der Waals surface area contributed by atoms with Gasteiger partial charge in [0.2, 0.25) is 0 Å². The van der Waals surface area contributed by atoms with Gasteiger partial charge in [0.05, 0.1) is 6.10 Å². The highest BCUT2D eigenvalue weighted by Crippen LogP contribution is 2.32. The molecule has 0 aromatic heterocycles. The van der Waals surface area contributed by atoms with Crippen LogP contribution in [0.25, 0.3) is 0 Å². The fourth-order valence-electron chi connectivity index (χ4n) is 2.81. The zero-order valence-electron chi connectivity index (χ0n) is 12.5. The first kappa shape index (κ1) is 14.4. The molecule has 1 aliphatic heterocycles. The molecule has 1 aromatic carbocycles. The molecule has 1 saturated heterocycles. The lowest BCUT2D eigenvalue weighted by Gasteiger charge is -2.40. The molecule has 3 heteroatoms. The monoisotopic (exact) mass is 262 g/mol. The van der Waals surface area contributed by atoms with Crippen molar-refractivity contribution in [2.75, 3.05) is 24.5 Å². The number of anilines is 1. The molecule has 0 aliphatic carbocycles. The van der Waals surface area contributed by atoms with Gasteiger partial charge in [-0.05, 0) is 31.4 Å². The molecule has 1 heterocycles. The lowest BCUT2D eigenvalue weighted by atomic mass is 9.96. The number of β-amino-alcohol motifs (C(OH)–C–C–N with tert-alkyl or cyclic N) is 1. The van der Waals surface area contributed by atoms with E-state index in [4.69, 9.17) is 0 Å². The van der Waals surface area contributed by atoms with Crippen molar-refractivity contribution in [2.45, 2.75) is 45.3 Å². The molecule has 3 nitrogen and oxygen atoms in total. The molecule has 0 bridgehead atoms. The number of hydrogen-bond acceptors (Lipinski definition) is 3. The number of rotatable bonds is 2. The predicted octanol–water partition coefficient (Wildman–Crippen LogP) is 2.36. The molecule has 1 fully saturated rings. The first-order chi connectivity index (χ1) is 8.92. The summed E-state index contributed by atoms with van der Waals surface area (Å²) >= 11 is 0. The molecule has 19 heavy (non-hydrogen) atoms. The van der Waals surface area contributed by atoms with Gasteiger partial charge in [-0.15, -0.1) is 0 Å². The largest absolute Gasteiger partial charge is 0.390 e. The third-order valence-corrected chi connectivity index (χ3v) is 3.91. The Kier molecular flexibility index (Phi) is 4.16. The number of para-hydroxylation sites is 1. The van der Waals surface area contributed by atoms with Crippen molar-refractivity contribution in [3.05, 3.63) is 29.8 Å². The SMILES string of the molecule is CC(C)c1ccccc1N1CC(O)CNCC1(C)C. The van der Waals surface area contributed by atoms with Crippen LogP contribution in [-0.4, -0.2) is 36.4 Å². The maximum Gasteiger partial charge on any atom is 0.0839 e. The van der Waals surface area contributed by atoms with Crippen LogP contribution in [0.1, 0.15) is 39.2 Å². The lowest BCUT2D eigenvalue weighted by molar-refractivity contribution is 0.183. The van der Waals surface area contributed by atoms with Crippen LogP contribution < -0.4 is 10.2 Å². The summed E-state index contributed by atoms with van der Waals surface area (Å²) in [5.41, 5.74) is 2.61. The Morgan fingerprint density at radius 2 is 2.00 bits per heavy atom. The van der Waals surface area contributed by atoms with Gasteiger partial charge in [0.25, 0.3) is 0 Å². The van der Waals surface area contributed by atoms with Gasteiger partial charge >= 0.3 is 0 Å². The summed E-state index contributed by atoms with van der Waals surface area (Å²) < 4.78 is 0. The van der Waals surface area contributed by atoms with E-state index in [1.807, 2.05) is 0 Å². The Morgan fingerprint density at radius 1 is 1.32 bits per heavy atom. The second-order valence-electron chi connectivity index (χ2n) is 6.42. The van der Waals surface area contributed by atoms with Crippen LogP contribution in [0, 0.1) is 0 Å². The number of aliphatic hydroxyl groups excluding tert-OH is 1. The van der Waals surface area contributed by atoms with Crippen molar-refractivity contribution >= 4 is 5.69 Å². The molecule has 0 saturated carbocycles. The van der Waals surface area contributed by atoms with Crippen LogP contribution in [0.5, 0.6) is 0 Å². The van der Waals surface area contributed by atoms with Crippen molar-refractivity contribution in [1.82, 2.24) is 5.32 Å². The second kappa shape index (κ2) is 5.51. The van der Waals surface area contributed by atoms with E-state index >= 15 is 0 Å². The van der Waals surface area contributed by atoms with Crippen molar-refractivity contribution < 1.29 is 5.11 Å². The van der Waals surface area contributed by atoms with E-state index in [9.17, 15) is 5.11 Å².